The summed E-state index contributed by atoms with van der Waals surface area (Å²) in [6, 6.07) is 7.16. The number of furan rings is 1. The number of nitrogens with one attached hydrogen (secondary N) is 1. The first-order valence-corrected chi connectivity index (χ1v) is 7.39. The molecule has 0 unspecified atom stereocenters. The van der Waals surface area contributed by atoms with Gasteiger partial charge in [-0.1, -0.05) is 0 Å². The molecule has 0 aliphatic heterocycles. The van der Waals surface area contributed by atoms with Gasteiger partial charge in [-0.15, -0.1) is 0 Å². The van der Waals surface area contributed by atoms with Crippen molar-refractivity contribution in [2.24, 2.45) is 5.14 Å². The maximum Gasteiger partial charge on any atom is 0.291 e. The van der Waals surface area contributed by atoms with E-state index in [0.717, 1.165) is 0 Å². The molecule has 6 nitrogen and oxygen atoms in total. The molecule has 0 spiro atoms. The van der Waals surface area contributed by atoms with Crippen LogP contribution in [0.15, 0.2) is 50.4 Å². The predicted octanol–water partition coefficient (Wildman–Crippen LogP) is 1.94. The van der Waals surface area contributed by atoms with Crippen molar-refractivity contribution in [2.75, 3.05) is 5.32 Å². The quantitative estimate of drug-likeness (QED) is 0.887. The van der Waals surface area contributed by atoms with Crippen LogP contribution in [0.1, 0.15) is 10.6 Å². The summed E-state index contributed by atoms with van der Waals surface area (Å²) in [6.45, 7) is 0. The van der Waals surface area contributed by atoms with Crippen LogP contribution in [0.4, 0.5) is 5.69 Å². The standard InChI is InChI=1S/C11H9BrN2O4S/c12-8-6-7(19(13,16)17)3-4-9(8)14-11(15)10-2-1-5-18-10/h1-6H,(H,14,15)(H2,13,16,17). The number of hydrogen-bond donors (Lipinski definition) is 2. The Bertz CT molecular complexity index is 710. The maximum absolute atomic E-state index is 11.7. The Morgan fingerprint density at radius 1 is 1.32 bits per heavy atom. The van der Waals surface area contributed by atoms with Gasteiger partial charge in [-0.3, -0.25) is 4.79 Å². The fraction of sp³-hybridized carbons (Fsp3) is 0. The van der Waals surface area contributed by atoms with Crippen molar-refractivity contribution >= 4 is 37.5 Å². The molecule has 3 N–H and O–H groups in total. The third-order valence-corrected chi connectivity index (χ3v) is 3.83. The molecule has 0 atom stereocenters. The van der Waals surface area contributed by atoms with Crippen molar-refractivity contribution in [2.45, 2.75) is 4.90 Å². The first-order valence-electron chi connectivity index (χ1n) is 5.05. The topological polar surface area (TPSA) is 102 Å². The summed E-state index contributed by atoms with van der Waals surface area (Å²) in [4.78, 5) is 11.7. The van der Waals surface area contributed by atoms with Crippen LogP contribution >= 0.6 is 15.9 Å². The molecule has 0 bridgehead atoms. The second-order valence-electron chi connectivity index (χ2n) is 3.62. The molecule has 1 aromatic heterocycles. The first kappa shape index (κ1) is 13.8. The monoisotopic (exact) mass is 344 g/mol. The number of rotatable bonds is 3. The zero-order valence-corrected chi connectivity index (χ0v) is 11.9. The Morgan fingerprint density at radius 3 is 2.58 bits per heavy atom. The van der Waals surface area contributed by atoms with Gasteiger partial charge in [-0.05, 0) is 46.3 Å². The summed E-state index contributed by atoms with van der Waals surface area (Å²) in [6.07, 6.45) is 1.38. The number of anilines is 1. The van der Waals surface area contributed by atoms with Crippen molar-refractivity contribution in [1.82, 2.24) is 0 Å². The Kier molecular flexibility index (Phi) is 3.74. The average molecular weight is 345 g/mol. The van der Waals surface area contributed by atoms with E-state index < -0.39 is 15.9 Å². The Balaban J connectivity index is 2.25. The lowest BCUT2D eigenvalue weighted by Crippen LogP contribution is -2.14. The summed E-state index contributed by atoms with van der Waals surface area (Å²) >= 11 is 3.17. The third kappa shape index (κ3) is 3.22. The van der Waals surface area contributed by atoms with Crippen molar-refractivity contribution in [1.29, 1.82) is 0 Å². The molecule has 0 radical (unpaired) electrons. The molecule has 0 aliphatic carbocycles. The molecule has 1 heterocycles. The van der Waals surface area contributed by atoms with Crippen LogP contribution in [0.25, 0.3) is 0 Å². The molecule has 1 amide bonds. The van der Waals surface area contributed by atoms with Gasteiger partial charge < -0.3 is 9.73 Å². The van der Waals surface area contributed by atoms with E-state index in [9.17, 15) is 13.2 Å². The van der Waals surface area contributed by atoms with Gasteiger partial charge in [0.2, 0.25) is 10.0 Å². The van der Waals surface area contributed by atoms with Gasteiger partial charge in [-0.2, -0.15) is 0 Å². The molecular formula is C11H9BrN2O4S. The number of nitrogens with two attached hydrogens (primary N) is 1. The fourth-order valence-electron chi connectivity index (χ4n) is 1.37. The lowest BCUT2D eigenvalue weighted by Gasteiger charge is -2.07. The van der Waals surface area contributed by atoms with Crippen LogP contribution < -0.4 is 10.5 Å². The molecular weight excluding hydrogens is 336 g/mol. The van der Waals surface area contributed by atoms with Gasteiger partial charge in [0.1, 0.15) is 0 Å². The van der Waals surface area contributed by atoms with Crippen LogP contribution in [0.5, 0.6) is 0 Å². The first-order chi connectivity index (χ1) is 8.88. The van der Waals surface area contributed by atoms with E-state index in [1.807, 2.05) is 0 Å². The van der Waals surface area contributed by atoms with E-state index in [4.69, 9.17) is 9.56 Å². The number of benzene rings is 1. The smallest absolute Gasteiger partial charge is 0.291 e. The number of hydrogen-bond acceptors (Lipinski definition) is 4. The van der Waals surface area contributed by atoms with Crippen LogP contribution in [0.2, 0.25) is 0 Å². The number of halogens is 1. The zero-order valence-electron chi connectivity index (χ0n) is 9.46. The van der Waals surface area contributed by atoms with E-state index in [1.54, 1.807) is 6.07 Å². The third-order valence-electron chi connectivity index (χ3n) is 2.26. The van der Waals surface area contributed by atoms with Gasteiger partial charge in [-0.25, -0.2) is 13.6 Å². The van der Waals surface area contributed by atoms with Gasteiger partial charge in [0, 0.05) is 4.47 Å². The van der Waals surface area contributed by atoms with Crippen LogP contribution in [0.3, 0.4) is 0 Å². The molecule has 19 heavy (non-hydrogen) atoms. The number of primary sulfonamides is 1. The minimum atomic E-state index is -3.77. The molecule has 2 rings (SSSR count). The Morgan fingerprint density at radius 2 is 2.05 bits per heavy atom. The molecule has 0 saturated carbocycles. The molecule has 2 aromatic rings. The highest BCUT2D eigenvalue weighted by molar-refractivity contribution is 9.10. The molecule has 0 fully saturated rings. The molecule has 0 saturated heterocycles. The highest BCUT2D eigenvalue weighted by atomic mass is 79.9. The van der Waals surface area contributed by atoms with Crippen molar-refractivity contribution in [3.63, 3.8) is 0 Å². The van der Waals surface area contributed by atoms with Crippen molar-refractivity contribution < 1.29 is 17.6 Å². The normalized spacial score (nSPS) is 11.3. The molecule has 8 heteroatoms. The second kappa shape index (κ2) is 5.16. The summed E-state index contributed by atoms with van der Waals surface area (Å²) in [5.74, 6) is -0.281. The van der Waals surface area contributed by atoms with E-state index in [-0.39, 0.29) is 10.7 Å². The van der Waals surface area contributed by atoms with Gasteiger partial charge in [0.05, 0.1) is 16.8 Å². The number of amides is 1. The maximum atomic E-state index is 11.7. The number of carbonyl (C=O) groups excluding carboxylic acids is 1. The lowest BCUT2D eigenvalue weighted by atomic mass is 10.3. The van der Waals surface area contributed by atoms with Crippen LogP contribution in [0, 0.1) is 0 Å². The largest absolute Gasteiger partial charge is 0.459 e. The van der Waals surface area contributed by atoms with Gasteiger partial charge in [0.15, 0.2) is 5.76 Å². The minimum absolute atomic E-state index is 0.0460. The van der Waals surface area contributed by atoms with Crippen LogP contribution in [-0.4, -0.2) is 14.3 Å². The van der Waals surface area contributed by atoms with Crippen LogP contribution in [-0.2, 0) is 10.0 Å². The molecule has 1 aromatic carbocycles. The fourth-order valence-corrected chi connectivity index (χ4v) is 2.54. The predicted molar refractivity (Wildman–Crippen MR) is 72.2 cm³/mol. The SMILES string of the molecule is NS(=O)(=O)c1ccc(NC(=O)c2ccco2)c(Br)c1. The number of sulfonamides is 1. The average Bonchev–Trinajstić information content (AvgIpc) is 2.84. The summed E-state index contributed by atoms with van der Waals surface area (Å²) in [5, 5.41) is 7.58. The summed E-state index contributed by atoms with van der Waals surface area (Å²) in [7, 11) is -3.77. The Labute approximate surface area is 117 Å². The van der Waals surface area contributed by atoms with E-state index in [0.29, 0.717) is 10.2 Å². The second-order valence-corrected chi connectivity index (χ2v) is 6.03. The highest BCUT2D eigenvalue weighted by Gasteiger charge is 2.13. The van der Waals surface area contributed by atoms with Crippen molar-refractivity contribution in [3.8, 4) is 0 Å². The van der Waals surface area contributed by atoms with Gasteiger partial charge in [0.25, 0.3) is 5.91 Å². The minimum Gasteiger partial charge on any atom is -0.459 e. The lowest BCUT2D eigenvalue weighted by molar-refractivity contribution is 0.0996. The highest BCUT2D eigenvalue weighted by Crippen LogP contribution is 2.25. The summed E-state index contributed by atoms with van der Waals surface area (Å²) in [5.41, 5.74) is 0.411. The van der Waals surface area contributed by atoms with Gasteiger partial charge >= 0.3 is 0 Å². The summed E-state index contributed by atoms with van der Waals surface area (Å²) < 4.78 is 27.7. The van der Waals surface area contributed by atoms with E-state index >= 15 is 0 Å². The van der Waals surface area contributed by atoms with E-state index in [1.165, 1.54) is 30.5 Å². The van der Waals surface area contributed by atoms with E-state index in [2.05, 4.69) is 21.2 Å². The molecule has 0 aliphatic rings. The molecule has 100 valence electrons. The zero-order chi connectivity index (χ0) is 14.0. The Hall–Kier alpha value is -1.64. The van der Waals surface area contributed by atoms with Crippen molar-refractivity contribution in [3.05, 3.63) is 46.8 Å². The number of carbonyl (C=O) groups is 1.